The number of carbonyl (C=O) groups excluding carboxylic acids is 1. The van der Waals surface area contributed by atoms with Crippen molar-refractivity contribution in [1.82, 2.24) is 0 Å². The zero-order valence-electron chi connectivity index (χ0n) is 12.5. The van der Waals surface area contributed by atoms with Gasteiger partial charge in [0.15, 0.2) is 0 Å². The van der Waals surface area contributed by atoms with E-state index in [-0.39, 0.29) is 5.97 Å². The first kappa shape index (κ1) is 15.9. The van der Waals surface area contributed by atoms with Crippen LogP contribution in [0.3, 0.4) is 0 Å². The maximum absolute atomic E-state index is 12.2. The van der Waals surface area contributed by atoms with E-state index >= 15 is 0 Å². The summed E-state index contributed by atoms with van der Waals surface area (Å²) in [6.45, 7) is 7.35. The Hall–Kier alpha value is -1.52. The monoisotopic (exact) mass is 323 g/mol. The molecule has 1 heterocycles. The van der Waals surface area contributed by atoms with Crippen molar-refractivity contribution in [3.63, 3.8) is 0 Å². The Balaban J connectivity index is 2.44. The van der Waals surface area contributed by atoms with Crippen LogP contribution >= 0.6 is 22.9 Å². The van der Waals surface area contributed by atoms with Crippen LogP contribution in [0.4, 0.5) is 5.69 Å². The minimum Gasteiger partial charge on any atom is -0.456 e. The van der Waals surface area contributed by atoms with Crippen LogP contribution in [-0.4, -0.2) is 11.6 Å². The number of nitrogens with two attached hydrogens (primary N) is 1. The number of benzene rings is 1. The molecule has 0 saturated heterocycles. The molecule has 0 fully saturated rings. The lowest BCUT2D eigenvalue weighted by Crippen LogP contribution is -2.23. The van der Waals surface area contributed by atoms with Crippen LogP contribution in [0.25, 0.3) is 10.4 Å². The molecular weight excluding hydrogens is 306 g/mol. The van der Waals surface area contributed by atoms with E-state index in [0.29, 0.717) is 15.6 Å². The summed E-state index contributed by atoms with van der Waals surface area (Å²) < 4.78 is 5.42. The molecule has 0 aliphatic heterocycles. The molecule has 0 amide bonds. The van der Waals surface area contributed by atoms with Gasteiger partial charge in [-0.25, -0.2) is 4.79 Å². The number of carbonyl (C=O) groups is 1. The highest BCUT2D eigenvalue weighted by Crippen LogP contribution is 2.41. The molecule has 0 spiro atoms. The first-order valence-electron chi connectivity index (χ1n) is 6.57. The summed E-state index contributed by atoms with van der Waals surface area (Å²) in [6.07, 6.45) is 0. The summed E-state index contributed by atoms with van der Waals surface area (Å²) in [5.41, 5.74) is 7.58. The van der Waals surface area contributed by atoms with Crippen LogP contribution in [0.5, 0.6) is 0 Å². The van der Waals surface area contributed by atoms with E-state index < -0.39 is 5.60 Å². The zero-order chi connectivity index (χ0) is 15.8. The van der Waals surface area contributed by atoms with Gasteiger partial charge in [0.25, 0.3) is 0 Å². The minimum absolute atomic E-state index is 0.345. The van der Waals surface area contributed by atoms with E-state index in [4.69, 9.17) is 22.1 Å². The molecule has 2 aromatic rings. The average Bonchev–Trinajstić information content (AvgIpc) is 2.64. The standard InChI is InChI=1S/C16H18ClNO2S/c1-9-12(17)14(10-6-5-7-11(18)8-10)21-13(9)15(19)20-16(2,3)4/h5-8H,18H2,1-4H3. The van der Waals surface area contributed by atoms with Crippen LogP contribution in [-0.2, 0) is 4.74 Å². The predicted octanol–water partition coefficient (Wildman–Crippen LogP) is 4.91. The molecule has 1 aromatic heterocycles. The average molecular weight is 324 g/mol. The molecule has 3 nitrogen and oxygen atoms in total. The number of ether oxygens (including phenoxy) is 1. The summed E-state index contributed by atoms with van der Waals surface area (Å²) in [4.78, 5) is 13.6. The van der Waals surface area contributed by atoms with Crippen molar-refractivity contribution >= 4 is 34.6 Å². The lowest BCUT2D eigenvalue weighted by atomic mass is 10.1. The number of halogens is 1. The molecule has 1 aromatic carbocycles. The first-order valence-corrected chi connectivity index (χ1v) is 7.76. The highest BCUT2D eigenvalue weighted by molar-refractivity contribution is 7.18. The third-order valence-electron chi connectivity index (χ3n) is 2.81. The van der Waals surface area contributed by atoms with Crippen LogP contribution < -0.4 is 5.73 Å². The second-order valence-corrected chi connectivity index (χ2v) is 7.23. The fourth-order valence-electron chi connectivity index (χ4n) is 1.88. The molecule has 0 unspecified atom stereocenters. The molecule has 2 rings (SSSR count). The number of rotatable bonds is 2. The smallest absolute Gasteiger partial charge is 0.349 e. The fraction of sp³-hybridized carbons (Fsp3) is 0.312. The van der Waals surface area contributed by atoms with Crippen LogP contribution in [0, 0.1) is 6.92 Å². The van der Waals surface area contributed by atoms with Crippen molar-refractivity contribution in [2.45, 2.75) is 33.3 Å². The number of hydrogen-bond acceptors (Lipinski definition) is 4. The van der Waals surface area contributed by atoms with E-state index in [1.165, 1.54) is 11.3 Å². The van der Waals surface area contributed by atoms with Gasteiger partial charge in [-0.1, -0.05) is 23.7 Å². The largest absolute Gasteiger partial charge is 0.456 e. The molecule has 0 saturated carbocycles. The van der Waals surface area contributed by atoms with Crippen molar-refractivity contribution < 1.29 is 9.53 Å². The molecule has 0 atom stereocenters. The van der Waals surface area contributed by atoms with Gasteiger partial charge in [-0.2, -0.15) is 0 Å². The Kier molecular flexibility index (Phi) is 4.30. The number of anilines is 1. The van der Waals surface area contributed by atoms with Crippen molar-refractivity contribution in [3.05, 3.63) is 39.7 Å². The Bertz CT molecular complexity index is 686. The normalized spacial score (nSPS) is 11.5. The van der Waals surface area contributed by atoms with Crippen molar-refractivity contribution in [1.29, 1.82) is 0 Å². The maximum Gasteiger partial charge on any atom is 0.349 e. The summed E-state index contributed by atoms with van der Waals surface area (Å²) >= 11 is 7.71. The van der Waals surface area contributed by atoms with Crippen molar-refractivity contribution in [2.75, 3.05) is 5.73 Å². The number of esters is 1. The Morgan fingerprint density at radius 1 is 1.33 bits per heavy atom. The van der Waals surface area contributed by atoms with Crippen LogP contribution in [0.2, 0.25) is 5.02 Å². The highest BCUT2D eigenvalue weighted by atomic mass is 35.5. The lowest BCUT2D eigenvalue weighted by molar-refractivity contribution is 0.00745. The number of nitrogen functional groups attached to an aromatic ring is 1. The van der Waals surface area contributed by atoms with Gasteiger partial charge in [-0.05, 0) is 51.0 Å². The molecule has 0 aliphatic carbocycles. The maximum atomic E-state index is 12.2. The summed E-state index contributed by atoms with van der Waals surface area (Å²) in [6, 6.07) is 7.44. The van der Waals surface area contributed by atoms with Gasteiger partial charge >= 0.3 is 5.97 Å². The van der Waals surface area contributed by atoms with Gasteiger partial charge in [-0.3, -0.25) is 0 Å². The topological polar surface area (TPSA) is 52.3 Å². The van der Waals surface area contributed by atoms with Gasteiger partial charge in [-0.15, -0.1) is 11.3 Å². The molecule has 112 valence electrons. The molecule has 0 bridgehead atoms. The van der Waals surface area contributed by atoms with E-state index in [1.807, 2.05) is 52.0 Å². The van der Waals surface area contributed by atoms with Gasteiger partial charge < -0.3 is 10.5 Å². The third-order valence-corrected chi connectivity index (χ3v) is 4.71. The SMILES string of the molecule is Cc1c(C(=O)OC(C)(C)C)sc(-c2cccc(N)c2)c1Cl. The van der Waals surface area contributed by atoms with Crippen LogP contribution in [0.1, 0.15) is 36.0 Å². The Morgan fingerprint density at radius 3 is 2.57 bits per heavy atom. The molecular formula is C16H18ClNO2S. The van der Waals surface area contributed by atoms with Crippen molar-refractivity contribution in [3.8, 4) is 10.4 Å². The summed E-state index contributed by atoms with van der Waals surface area (Å²) in [5, 5.41) is 0.575. The van der Waals surface area contributed by atoms with Gasteiger partial charge in [0.05, 0.1) is 9.90 Å². The lowest BCUT2D eigenvalue weighted by Gasteiger charge is -2.19. The quantitative estimate of drug-likeness (QED) is 0.630. The van der Waals surface area contributed by atoms with E-state index in [0.717, 1.165) is 16.0 Å². The first-order chi connectivity index (χ1) is 9.69. The molecule has 2 N–H and O–H groups in total. The van der Waals surface area contributed by atoms with E-state index in [2.05, 4.69) is 0 Å². The minimum atomic E-state index is -0.530. The highest BCUT2D eigenvalue weighted by Gasteiger charge is 2.24. The zero-order valence-corrected chi connectivity index (χ0v) is 14.1. The van der Waals surface area contributed by atoms with Gasteiger partial charge in [0.1, 0.15) is 10.5 Å². The van der Waals surface area contributed by atoms with Gasteiger partial charge in [0, 0.05) is 5.69 Å². The second kappa shape index (κ2) is 5.70. The second-order valence-electron chi connectivity index (χ2n) is 5.83. The van der Waals surface area contributed by atoms with Crippen molar-refractivity contribution in [2.24, 2.45) is 0 Å². The number of thiophene rings is 1. The fourth-order valence-corrected chi connectivity index (χ4v) is 3.33. The molecule has 5 heteroatoms. The summed E-state index contributed by atoms with van der Waals surface area (Å²) in [7, 11) is 0. The summed E-state index contributed by atoms with van der Waals surface area (Å²) in [5.74, 6) is -0.345. The van der Waals surface area contributed by atoms with E-state index in [1.54, 1.807) is 0 Å². The third kappa shape index (κ3) is 3.57. The Labute approximate surface area is 133 Å². The van der Waals surface area contributed by atoms with E-state index in [9.17, 15) is 4.79 Å². The molecule has 0 radical (unpaired) electrons. The Morgan fingerprint density at radius 2 is 2.00 bits per heavy atom. The molecule has 21 heavy (non-hydrogen) atoms. The predicted molar refractivity (Wildman–Crippen MR) is 89.1 cm³/mol. The molecule has 0 aliphatic rings. The van der Waals surface area contributed by atoms with Crippen LogP contribution in [0.15, 0.2) is 24.3 Å². The number of hydrogen-bond donors (Lipinski definition) is 1. The van der Waals surface area contributed by atoms with Gasteiger partial charge in [0.2, 0.25) is 0 Å².